The second-order valence-electron chi connectivity index (χ2n) is 4.52. The Hall–Kier alpha value is -0.390. The van der Waals surface area contributed by atoms with E-state index in [1.165, 1.54) is 0 Å². The third-order valence-corrected chi connectivity index (χ3v) is 4.08. The lowest BCUT2D eigenvalue weighted by atomic mass is 10.0. The van der Waals surface area contributed by atoms with Crippen molar-refractivity contribution < 1.29 is 9.84 Å². The van der Waals surface area contributed by atoms with Crippen molar-refractivity contribution in [3.8, 4) is 0 Å². The molecule has 0 radical (unpaired) electrons. The van der Waals surface area contributed by atoms with Gasteiger partial charge < -0.3 is 9.84 Å². The molecule has 0 aliphatic heterocycles. The van der Waals surface area contributed by atoms with Gasteiger partial charge in [0.15, 0.2) is 0 Å². The third kappa shape index (κ3) is 3.80. The van der Waals surface area contributed by atoms with E-state index in [0.29, 0.717) is 13.0 Å². The molecule has 0 aliphatic carbocycles. The summed E-state index contributed by atoms with van der Waals surface area (Å²) in [5.74, 6) is 0. The van der Waals surface area contributed by atoms with E-state index in [1.807, 2.05) is 25.6 Å². The molecule has 0 bridgehead atoms. The molecular formula is C13H23BrN2O2. The molecule has 104 valence electrons. The van der Waals surface area contributed by atoms with E-state index < -0.39 is 6.10 Å². The minimum Gasteiger partial charge on any atom is -0.390 e. The third-order valence-electron chi connectivity index (χ3n) is 3.05. The van der Waals surface area contributed by atoms with Gasteiger partial charge in [-0.05, 0) is 36.2 Å². The predicted octanol–water partition coefficient (Wildman–Crippen LogP) is 2.60. The van der Waals surface area contributed by atoms with E-state index in [4.69, 9.17) is 4.74 Å². The van der Waals surface area contributed by atoms with Gasteiger partial charge in [-0.1, -0.05) is 13.3 Å². The van der Waals surface area contributed by atoms with Gasteiger partial charge in [0.1, 0.15) is 0 Å². The van der Waals surface area contributed by atoms with Crippen LogP contribution in [0.15, 0.2) is 4.47 Å². The molecular weight excluding hydrogens is 296 g/mol. The van der Waals surface area contributed by atoms with E-state index >= 15 is 0 Å². The van der Waals surface area contributed by atoms with Crippen molar-refractivity contribution in [1.29, 1.82) is 0 Å². The zero-order valence-electron chi connectivity index (χ0n) is 11.6. The normalized spacial score (nSPS) is 14.8. The fraction of sp³-hybridized carbons (Fsp3) is 0.769. The fourth-order valence-corrected chi connectivity index (χ4v) is 2.61. The van der Waals surface area contributed by atoms with Crippen LogP contribution >= 0.6 is 15.9 Å². The van der Waals surface area contributed by atoms with Crippen LogP contribution in [0.2, 0.25) is 0 Å². The monoisotopic (exact) mass is 318 g/mol. The van der Waals surface area contributed by atoms with Gasteiger partial charge in [-0.3, -0.25) is 4.68 Å². The number of hydrogen-bond acceptors (Lipinski definition) is 3. The van der Waals surface area contributed by atoms with E-state index in [2.05, 4.69) is 28.0 Å². The quantitative estimate of drug-likeness (QED) is 0.840. The van der Waals surface area contributed by atoms with Crippen LogP contribution in [-0.4, -0.2) is 33.7 Å². The maximum absolute atomic E-state index is 10.3. The zero-order valence-corrected chi connectivity index (χ0v) is 13.2. The molecule has 0 aliphatic rings. The van der Waals surface area contributed by atoms with Gasteiger partial charge in [0.2, 0.25) is 0 Å². The standard InChI is InChI=1S/C13H23BrN2O2/c1-5-7-12(18-6-2)11(17)8-10-13(14)9(3)15-16(10)4/h11-12,17H,5-8H2,1-4H3. The molecule has 2 atom stereocenters. The van der Waals surface area contributed by atoms with Crippen molar-refractivity contribution in [2.45, 2.75) is 52.2 Å². The summed E-state index contributed by atoms with van der Waals surface area (Å²) in [7, 11) is 1.90. The van der Waals surface area contributed by atoms with Crippen LogP contribution in [0.5, 0.6) is 0 Å². The van der Waals surface area contributed by atoms with E-state index in [0.717, 1.165) is 28.7 Å². The molecule has 1 aromatic rings. The average Bonchev–Trinajstić information content (AvgIpc) is 2.55. The number of halogens is 1. The molecule has 0 saturated carbocycles. The number of hydrogen-bond donors (Lipinski definition) is 1. The molecule has 0 aromatic carbocycles. The van der Waals surface area contributed by atoms with Crippen molar-refractivity contribution >= 4 is 15.9 Å². The minimum absolute atomic E-state index is 0.0953. The Balaban J connectivity index is 2.75. The summed E-state index contributed by atoms with van der Waals surface area (Å²) >= 11 is 3.52. The summed E-state index contributed by atoms with van der Waals surface area (Å²) in [6, 6.07) is 0. The van der Waals surface area contributed by atoms with Crippen molar-refractivity contribution in [3.05, 3.63) is 15.9 Å². The smallest absolute Gasteiger partial charge is 0.0857 e. The van der Waals surface area contributed by atoms with Gasteiger partial charge in [0, 0.05) is 20.1 Å². The number of nitrogens with zero attached hydrogens (tertiary/aromatic N) is 2. The maximum Gasteiger partial charge on any atom is 0.0857 e. The van der Waals surface area contributed by atoms with Crippen LogP contribution < -0.4 is 0 Å². The van der Waals surface area contributed by atoms with Gasteiger partial charge in [0.05, 0.1) is 28.1 Å². The Morgan fingerprint density at radius 1 is 1.44 bits per heavy atom. The molecule has 1 rings (SSSR count). The SMILES string of the molecule is CCCC(OCC)C(O)Cc1c(Br)c(C)nn1C. The maximum atomic E-state index is 10.3. The summed E-state index contributed by atoms with van der Waals surface area (Å²) in [6.45, 7) is 6.64. The summed E-state index contributed by atoms with van der Waals surface area (Å²) in [4.78, 5) is 0. The molecule has 0 fully saturated rings. The summed E-state index contributed by atoms with van der Waals surface area (Å²) in [6.07, 6.45) is 1.86. The molecule has 1 heterocycles. The van der Waals surface area contributed by atoms with Crippen LogP contribution in [0, 0.1) is 6.92 Å². The van der Waals surface area contributed by atoms with Gasteiger partial charge in [0.25, 0.3) is 0 Å². The lowest BCUT2D eigenvalue weighted by Gasteiger charge is -2.22. The molecule has 0 saturated heterocycles. The molecule has 1 aromatic heterocycles. The number of ether oxygens (including phenoxy) is 1. The molecule has 0 spiro atoms. The highest BCUT2D eigenvalue weighted by molar-refractivity contribution is 9.10. The number of aryl methyl sites for hydroxylation is 2. The Labute approximate surface area is 117 Å². The second-order valence-corrected chi connectivity index (χ2v) is 5.32. The van der Waals surface area contributed by atoms with Crippen molar-refractivity contribution in [2.75, 3.05) is 6.61 Å². The first-order chi connectivity index (χ1) is 8.51. The molecule has 5 heteroatoms. The van der Waals surface area contributed by atoms with Crippen LogP contribution in [0.4, 0.5) is 0 Å². The fourth-order valence-electron chi connectivity index (χ4n) is 2.12. The zero-order chi connectivity index (χ0) is 13.7. The van der Waals surface area contributed by atoms with Crippen molar-refractivity contribution in [1.82, 2.24) is 9.78 Å². The Morgan fingerprint density at radius 2 is 2.11 bits per heavy atom. The number of aliphatic hydroxyl groups excluding tert-OH is 1. The summed E-state index contributed by atoms with van der Waals surface area (Å²) in [5.41, 5.74) is 1.96. The predicted molar refractivity (Wildman–Crippen MR) is 75.7 cm³/mol. The van der Waals surface area contributed by atoms with E-state index in [-0.39, 0.29) is 6.10 Å². The topological polar surface area (TPSA) is 47.3 Å². The highest BCUT2D eigenvalue weighted by atomic mass is 79.9. The second kappa shape index (κ2) is 7.26. The summed E-state index contributed by atoms with van der Waals surface area (Å²) in [5, 5.41) is 14.6. The lowest BCUT2D eigenvalue weighted by molar-refractivity contribution is -0.0370. The number of aromatic nitrogens is 2. The highest BCUT2D eigenvalue weighted by Gasteiger charge is 2.22. The van der Waals surface area contributed by atoms with E-state index in [9.17, 15) is 5.11 Å². The van der Waals surface area contributed by atoms with Gasteiger partial charge >= 0.3 is 0 Å². The lowest BCUT2D eigenvalue weighted by Crippen LogP contribution is -2.31. The molecule has 1 N–H and O–H groups in total. The largest absolute Gasteiger partial charge is 0.390 e. The summed E-state index contributed by atoms with van der Waals surface area (Å²) < 4.78 is 8.41. The van der Waals surface area contributed by atoms with Crippen LogP contribution in [0.25, 0.3) is 0 Å². The Kier molecular flexibility index (Phi) is 6.32. The molecule has 2 unspecified atom stereocenters. The van der Waals surface area contributed by atoms with Crippen LogP contribution in [-0.2, 0) is 18.2 Å². The molecule has 4 nitrogen and oxygen atoms in total. The van der Waals surface area contributed by atoms with Gasteiger partial charge in [-0.15, -0.1) is 0 Å². The van der Waals surface area contributed by atoms with Crippen LogP contribution in [0.3, 0.4) is 0 Å². The van der Waals surface area contributed by atoms with Crippen molar-refractivity contribution in [2.24, 2.45) is 7.05 Å². The molecule has 18 heavy (non-hydrogen) atoms. The van der Waals surface area contributed by atoms with Gasteiger partial charge in [-0.2, -0.15) is 5.10 Å². The highest BCUT2D eigenvalue weighted by Crippen LogP contribution is 2.23. The Bertz CT molecular complexity index is 373. The van der Waals surface area contributed by atoms with Crippen LogP contribution in [0.1, 0.15) is 38.1 Å². The average molecular weight is 319 g/mol. The Morgan fingerprint density at radius 3 is 2.56 bits per heavy atom. The minimum atomic E-state index is -0.490. The first-order valence-corrected chi connectivity index (χ1v) is 7.28. The number of rotatable bonds is 7. The molecule has 0 amide bonds. The van der Waals surface area contributed by atoms with Crippen molar-refractivity contribution in [3.63, 3.8) is 0 Å². The first-order valence-electron chi connectivity index (χ1n) is 6.48. The first kappa shape index (κ1) is 15.7. The van der Waals surface area contributed by atoms with Gasteiger partial charge in [-0.25, -0.2) is 0 Å². The number of aliphatic hydroxyl groups is 1. The van der Waals surface area contributed by atoms with E-state index in [1.54, 1.807) is 0 Å².